The first kappa shape index (κ1) is 17.8. The van der Waals surface area contributed by atoms with Crippen LogP contribution in [0.3, 0.4) is 0 Å². The van der Waals surface area contributed by atoms with Gasteiger partial charge in [-0.2, -0.15) is 0 Å². The predicted molar refractivity (Wildman–Crippen MR) is 104 cm³/mol. The molecule has 5 atom stereocenters. The summed E-state index contributed by atoms with van der Waals surface area (Å²) in [4.78, 5) is 25.8. The summed E-state index contributed by atoms with van der Waals surface area (Å²) in [6, 6.07) is 7.50. The number of halogens is 1. The van der Waals surface area contributed by atoms with Crippen LogP contribution in [0, 0.1) is 11.8 Å². The molecule has 7 nitrogen and oxygen atoms in total. The van der Waals surface area contributed by atoms with Gasteiger partial charge in [0.15, 0.2) is 6.17 Å². The van der Waals surface area contributed by atoms with Gasteiger partial charge in [-0.05, 0) is 30.4 Å². The average Bonchev–Trinajstić information content (AvgIpc) is 3.29. The van der Waals surface area contributed by atoms with E-state index in [1.807, 2.05) is 37.4 Å². The van der Waals surface area contributed by atoms with Gasteiger partial charge >= 0.3 is 0 Å². The third kappa shape index (κ3) is 3.00. The lowest BCUT2D eigenvalue weighted by Crippen LogP contribution is -2.67. The molecule has 1 aromatic heterocycles. The van der Waals surface area contributed by atoms with E-state index in [9.17, 15) is 9.18 Å². The molecular formula is C20H25FN6O. The van der Waals surface area contributed by atoms with E-state index in [2.05, 4.69) is 25.4 Å². The average molecular weight is 384 g/mol. The lowest BCUT2D eigenvalue weighted by atomic mass is 10.0. The molecule has 28 heavy (non-hydrogen) atoms. The molecule has 1 aromatic carbocycles. The Morgan fingerprint density at radius 2 is 1.86 bits per heavy atom. The van der Waals surface area contributed by atoms with Gasteiger partial charge in [-0.25, -0.2) is 9.37 Å². The van der Waals surface area contributed by atoms with Crippen molar-refractivity contribution in [2.75, 3.05) is 31.1 Å². The summed E-state index contributed by atoms with van der Waals surface area (Å²) in [5, 5.41) is 6.05. The van der Waals surface area contributed by atoms with E-state index in [-0.39, 0.29) is 6.29 Å². The summed E-state index contributed by atoms with van der Waals surface area (Å²) in [5.41, 5.74) is 1.83. The van der Waals surface area contributed by atoms with Crippen molar-refractivity contribution in [1.82, 2.24) is 25.5 Å². The minimum absolute atomic E-state index is 0.274. The van der Waals surface area contributed by atoms with Crippen LogP contribution in [0.15, 0.2) is 30.5 Å². The van der Waals surface area contributed by atoms with E-state index >= 15 is 0 Å². The van der Waals surface area contributed by atoms with Gasteiger partial charge in [-0.15, -0.1) is 0 Å². The Bertz CT molecular complexity index is 880. The maximum atomic E-state index is 14.0. The van der Waals surface area contributed by atoms with E-state index in [1.165, 1.54) is 0 Å². The minimum atomic E-state index is -1.47. The standard InChI is InChI=1S/C20H25FN6O/c1-2-14-18(21)19(28)25-20(24-14)27-10-12-8-26(9-13(12)11-27)17-7-22-15-5-3-4-6-16(15)23-17/h3-7,12-14,18,20,24H,2,8-11H2,1H3,(H,25,28). The third-order valence-electron chi connectivity index (χ3n) is 6.33. The van der Waals surface area contributed by atoms with Crippen LogP contribution in [0.25, 0.3) is 11.0 Å². The Kier molecular flexibility index (Phi) is 4.40. The SMILES string of the molecule is CCC1NC(N2CC3CN(c4cnc5ccccc5n4)CC3C2)NC(=O)C1F. The maximum Gasteiger partial charge on any atom is 0.258 e. The molecule has 0 saturated carbocycles. The number of aromatic nitrogens is 2. The number of hydrogen-bond acceptors (Lipinski definition) is 6. The Balaban J connectivity index is 1.25. The highest BCUT2D eigenvalue weighted by Crippen LogP contribution is 2.34. The summed E-state index contributed by atoms with van der Waals surface area (Å²) < 4.78 is 14.0. The van der Waals surface area contributed by atoms with Gasteiger partial charge in [0.2, 0.25) is 0 Å². The molecule has 4 heterocycles. The molecule has 2 aromatic rings. The second-order valence-electron chi connectivity index (χ2n) is 8.09. The second kappa shape index (κ2) is 6.93. The van der Waals surface area contributed by atoms with Crippen molar-refractivity contribution in [3.63, 3.8) is 0 Å². The fourth-order valence-corrected chi connectivity index (χ4v) is 4.77. The van der Waals surface area contributed by atoms with E-state index in [0.29, 0.717) is 18.3 Å². The number of fused-ring (bicyclic) bond motifs is 2. The van der Waals surface area contributed by atoms with E-state index < -0.39 is 18.1 Å². The first-order valence-corrected chi connectivity index (χ1v) is 10.0. The lowest BCUT2D eigenvalue weighted by molar-refractivity contribution is -0.133. The highest BCUT2D eigenvalue weighted by molar-refractivity contribution is 5.82. The van der Waals surface area contributed by atoms with Crippen LogP contribution in [0.1, 0.15) is 13.3 Å². The molecule has 3 aliphatic rings. The Morgan fingerprint density at radius 1 is 1.14 bits per heavy atom. The summed E-state index contributed by atoms with van der Waals surface area (Å²) in [6.07, 6.45) is 0.714. The normalized spacial score (nSPS) is 33.3. The predicted octanol–water partition coefficient (Wildman–Crippen LogP) is 1.12. The first-order chi connectivity index (χ1) is 13.6. The number of nitrogens with zero attached hydrogens (tertiary/aromatic N) is 4. The number of benzene rings is 1. The number of nitrogens with one attached hydrogen (secondary N) is 2. The number of para-hydroxylation sites is 2. The van der Waals surface area contributed by atoms with Crippen molar-refractivity contribution in [3.8, 4) is 0 Å². The quantitative estimate of drug-likeness (QED) is 0.826. The first-order valence-electron chi connectivity index (χ1n) is 10.0. The topological polar surface area (TPSA) is 73.4 Å². The number of carbonyl (C=O) groups is 1. The molecule has 0 radical (unpaired) electrons. The Hall–Kier alpha value is -2.32. The number of likely N-dealkylation sites (tertiary alicyclic amines) is 1. The molecule has 3 aliphatic heterocycles. The van der Waals surface area contributed by atoms with Gasteiger partial charge in [0.05, 0.1) is 23.3 Å². The number of amides is 1. The lowest BCUT2D eigenvalue weighted by Gasteiger charge is -2.38. The van der Waals surface area contributed by atoms with Crippen LogP contribution >= 0.6 is 0 Å². The number of carbonyl (C=O) groups excluding carboxylic acids is 1. The molecule has 2 N–H and O–H groups in total. The molecule has 5 unspecified atom stereocenters. The second-order valence-corrected chi connectivity index (χ2v) is 8.09. The van der Waals surface area contributed by atoms with Crippen molar-refractivity contribution in [2.24, 2.45) is 11.8 Å². The molecule has 8 heteroatoms. The van der Waals surface area contributed by atoms with Crippen LogP contribution < -0.4 is 15.5 Å². The Morgan fingerprint density at radius 3 is 2.57 bits per heavy atom. The van der Waals surface area contributed by atoms with Gasteiger partial charge in [-0.1, -0.05) is 19.1 Å². The van der Waals surface area contributed by atoms with Gasteiger partial charge in [0.25, 0.3) is 5.91 Å². The molecule has 3 saturated heterocycles. The molecule has 5 rings (SSSR count). The number of hydrogen-bond donors (Lipinski definition) is 2. The molecule has 0 bridgehead atoms. The van der Waals surface area contributed by atoms with Crippen molar-refractivity contribution in [1.29, 1.82) is 0 Å². The fraction of sp³-hybridized carbons (Fsp3) is 0.550. The zero-order chi connectivity index (χ0) is 19.3. The Labute approximate surface area is 163 Å². The number of rotatable bonds is 3. The highest BCUT2D eigenvalue weighted by atomic mass is 19.1. The van der Waals surface area contributed by atoms with E-state index in [4.69, 9.17) is 4.98 Å². The van der Waals surface area contributed by atoms with Crippen LogP contribution in [0.4, 0.5) is 10.2 Å². The third-order valence-corrected chi connectivity index (χ3v) is 6.33. The smallest absolute Gasteiger partial charge is 0.258 e. The maximum absolute atomic E-state index is 14.0. The van der Waals surface area contributed by atoms with Crippen molar-refractivity contribution in [2.45, 2.75) is 31.8 Å². The molecule has 1 amide bonds. The van der Waals surface area contributed by atoms with Gasteiger partial charge < -0.3 is 10.2 Å². The van der Waals surface area contributed by atoms with Crippen molar-refractivity contribution in [3.05, 3.63) is 30.5 Å². The molecule has 148 valence electrons. The van der Waals surface area contributed by atoms with Gasteiger partial charge in [0.1, 0.15) is 12.1 Å². The fourth-order valence-electron chi connectivity index (χ4n) is 4.77. The number of alkyl halides is 1. The van der Waals surface area contributed by atoms with Crippen LogP contribution in [0.5, 0.6) is 0 Å². The molecule has 3 fully saturated rings. The summed E-state index contributed by atoms with van der Waals surface area (Å²) in [6.45, 7) is 5.53. The van der Waals surface area contributed by atoms with Crippen molar-refractivity contribution < 1.29 is 9.18 Å². The summed E-state index contributed by atoms with van der Waals surface area (Å²) in [5.74, 6) is 1.45. The van der Waals surface area contributed by atoms with Crippen LogP contribution in [0.2, 0.25) is 0 Å². The minimum Gasteiger partial charge on any atom is -0.355 e. The van der Waals surface area contributed by atoms with Crippen molar-refractivity contribution >= 4 is 22.8 Å². The van der Waals surface area contributed by atoms with E-state index in [1.54, 1.807) is 0 Å². The summed E-state index contributed by atoms with van der Waals surface area (Å²) in [7, 11) is 0. The molecule has 0 aliphatic carbocycles. The van der Waals surface area contributed by atoms with Crippen LogP contribution in [-0.4, -0.2) is 65.5 Å². The monoisotopic (exact) mass is 384 g/mol. The van der Waals surface area contributed by atoms with Gasteiger partial charge in [-0.3, -0.25) is 20.0 Å². The zero-order valence-corrected chi connectivity index (χ0v) is 15.9. The van der Waals surface area contributed by atoms with Crippen LogP contribution in [-0.2, 0) is 4.79 Å². The van der Waals surface area contributed by atoms with Gasteiger partial charge in [0, 0.05) is 26.2 Å². The molecule has 0 spiro atoms. The molecular weight excluding hydrogens is 359 g/mol. The number of anilines is 1. The zero-order valence-electron chi connectivity index (χ0n) is 15.9. The highest BCUT2D eigenvalue weighted by Gasteiger charge is 2.45. The largest absolute Gasteiger partial charge is 0.355 e. The van der Waals surface area contributed by atoms with E-state index in [0.717, 1.165) is 43.0 Å². The summed E-state index contributed by atoms with van der Waals surface area (Å²) >= 11 is 0.